The molecule has 1 heterocycles. The molecule has 0 radical (unpaired) electrons. The lowest BCUT2D eigenvalue weighted by atomic mass is 10.5. The highest BCUT2D eigenvalue weighted by Gasteiger charge is 2.14. The Morgan fingerprint density at radius 2 is 2.33 bits per heavy atom. The summed E-state index contributed by atoms with van der Waals surface area (Å²) in [5, 5.41) is 0. The van der Waals surface area contributed by atoms with E-state index < -0.39 is 0 Å². The molecule has 0 spiro atoms. The van der Waals surface area contributed by atoms with Crippen LogP contribution >= 0.6 is 11.8 Å². The minimum Gasteiger partial charge on any atom is -0.423 e. The van der Waals surface area contributed by atoms with Crippen LogP contribution in [0.3, 0.4) is 0 Å². The predicted molar refractivity (Wildman–Crippen MR) is 32.1 cm³/mol. The third-order valence-electron chi connectivity index (χ3n) is 0.941. The Balaban J connectivity index is 2.01. The second kappa shape index (κ2) is 2.00. The van der Waals surface area contributed by atoms with E-state index in [9.17, 15) is 0 Å². The van der Waals surface area contributed by atoms with Crippen molar-refractivity contribution in [2.45, 2.75) is 6.10 Å². The van der Waals surface area contributed by atoms with Crippen molar-refractivity contribution in [1.29, 1.82) is 0 Å². The first-order valence-electron chi connectivity index (χ1n) is 2.04. The molecule has 0 aromatic rings. The number of rotatable bonds is 1. The van der Waals surface area contributed by atoms with Gasteiger partial charge in [-0.05, 0) is 0 Å². The van der Waals surface area contributed by atoms with Crippen molar-refractivity contribution in [2.24, 2.45) is 0 Å². The van der Waals surface area contributed by atoms with E-state index in [1.54, 1.807) is 0 Å². The standard InChI is InChI=1S/C3H8OSSi/c6-4-3-1-5-2-3/h3H,1-2H2,6H3. The fraction of sp³-hybridized carbons (Fsp3) is 1.00. The van der Waals surface area contributed by atoms with Gasteiger partial charge < -0.3 is 4.43 Å². The SMILES string of the molecule is [SiH3]OC1CSC1. The molecule has 0 saturated carbocycles. The van der Waals surface area contributed by atoms with Gasteiger partial charge in [-0.3, -0.25) is 0 Å². The summed E-state index contributed by atoms with van der Waals surface area (Å²) in [7, 11) is 0.920. The average Bonchev–Trinajstić information content (AvgIpc) is 1.31. The smallest absolute Gasteiger partial charge is 0.146 e. The molecule has 3 heteroatoms. The fourth-order valence-corrected chi connectivity index (χ4v) is 1.87. The Bertz CT molecular complexity index is 43.3. The van der Waals surface area contributed by atoms with Crippen LogP contribution in [0.1, 0.15) is 0 Å². The summed E-state index contributed by atoms with van der Waals surface area (Å²) in [5.74, 6) is 2.48. The van der Waals surface area contributed by atoms with Crippen molar-refractivity contribution in [3.05, 3.63) is 0 Å². The van der Waals surface area contributed by atoms with Crippen LogP contribution in [0.2, 0.25) is 0 Å². The van der Waals surface area contributed by atoms with Gasteiger partial charge in [0.15, 0.2) is 0 Å². The molecule has 0 atom stereocenters. The molecule has 6 heavy (non-hydrogen) atoms. The third kappa shape index (κ3) is 0.774. The molecule has 1 fully saturated rings. The largest absolute Gasteiger partial charge is 0.423 e. The maximum atomic E-state index is 5.10. The lowest BCUT2D eigenvalue weighted by Gasteiger charge is -2.22. The molecular weight excluding hydrogens is 112 g/mol. The van der Waals surface area contributed by atoms with E-state index in [0.29, 0.717) is 6.10 Å². The first-order chi connectivity index (χ1) is 2.93. The van der Waals surface area contributed by atoms with Gasteiger partial charge in [0.2, 0.25) is 0 Å². The van der Waals surface area contributed by atoms with Gasteiger partial charge in [-0.1, -0.05) is 0 Å². The second-order valence-electron chi connectivity index (χ2n) is 1.40. The van der Waals surface area contributed by atoms with E-state index in [1.807, 2.05) is 11.8 Å². The van der Waals surface area contributed by atoms with Crippen LogP contribution in [0.5, 0.6) is 0 Å². The highest BCUT2D eigenvalue weighted by atomic mass is 32.2. The summed E-state index contributed by atoms with van der Waals surface area (Å²) < 4.78 is 5.10. The highest BCUT2D eigenvalue weighted by molar-refractivity contribution is 8.00. The Morgan fingerprint density at radius 1 is 1.67 bits per heavy atom. The average molecular weight is 120 g/mol. The molecule has 1 saturated heterocycles. The van der Waals surface area contributed by atoms with E-state index in [1.165, 1.54) is 11.5 Å². The zero-order valence-electron chi connectivity index (χ0n) is 3.81. The summed E-state index contributed by atoms with van der Waals surface area (Å²) >= 11 is 1.97. The van der Waals surface area contributed by atoms with Crippen molar-refractivity contribution in [1.82, 2.24) is 0 Å². The molecule has 0 N–H and O–H groups in total. The molecule has 1 aliphatic heterocycles. The first-order valence-corrected chi connectivity index (χ1v) is 4.01. The molecule has 36 valence electrons. The molecule has 0 aromatic carbocycles. The van der Waals surface area contributed by atoms with Crippen LogP contribution in [-0.4, -0.2) is 28.1 Å². The van der Waals surface area contributed by atoms with E-state index in [2.05, 4.69) is 0 Å². The zero-order valence-corrected chi connectivity index (χ0v) is 6.62. The molecule has 1 nitrogen and oxygen atoms in total. The molecule has 0 aliphatic carbocycles. The van der Waals surface area contributed by atoms with Crippen molar-refractivity contribution in [2.75, 3.05) is 11.5 Å². The summed E-state index contributed by atoms with van der Waals surface area (Å²) in [5.41, 5.74) is 0. The highest BCUT2D eigenvalue weighted by Crippen LogP contribution is 2.18. The molecule has 1 rings (SSSR count). The van der Waals surface area contributed by atoms with Crippen molar-refractivity contribution in [3.8, 4) is 0 Å². The summed E-state index contributed by atoms with van der Waals surface area (Å²) in [6.07, 6.45) is 0.640. The minimum atomic E-state index is 0.640. The quantitative estimate of drug-likeness (QED) is 0.427. The normalized spacial score (nSPS) is 24.0. The van der Waals surface area contributed by atoms with Crippen LogP contribution in [0.25, 0.3) is 0 Å². The predicted octanol–water partition coefficient (Wildman–Crippen LogP) is -0.601. The molecule has 0 unspecified atom stereocenters. The fourth-order valence-electron chi connectivity index (χ4n) is 0.350. The van der Waals surface area contributed by atoms with E-state index in [-0.39, 0.29) is 0 Å². The molecule has 0 aromatic heterocycles. The Kier molecular flexibility index (Phi) is 1.56. The van der Waals surface area contributed by atoms with Crippen molar-refractivity contribution >= 4 is 22.2 Å². The summed E-state index contributed by atoms with van der Waals surface area (Å²) in [6, 6.07) is 0. The van der Waals surface area contributed by atoms with Gasteiger partial charge in [-0.15, -0.1) is 0 Å². The van der Waals surface area contributed by atoms with Gasteiger partial charge in [0, 0.05) is 11.5 Å². The lowest BCUT2D eigenvalue weighted by molar-refractivity contribution is 0.265. The van der Waals surface area contributed by atoms with Crippen LogP contribution in [0, 0.1) is 0 Å². The van der Waals surface area contributed by atoms with E-state index in [0.717, 1.165) is 10.5 Å². The zero-order chi connectivity index (χ0) is 4.41. The van der Waals surface area contributed by atoms with E-state index >= 15 is 0 Å². The van der Waals surface area contributed by atoms with Gasteiger partial charge in [-0.25, -0.2) is 0 Å². The van der Waals surface area contributed by atoms with Gasteiger partial charge in [0.05, 0.1) is 6.10 Å². The van der Waals surface area contributed by atoms with Gasteiger partial charge in [-0.2, -0.15) is 11.8 Å². The Labute approximate surface area is 45.0 Å². The maximum Gasteiger partial charge on any atom is 0.146 e. The van der Waals surface area contributed by atoms with Crippen LogP contribution in [0.4, 0.5) is 0 Å². The molecular formula is C3H8OSSi. The number of hydrogen-bond donors (Lipinski definition) is 0. The van der Waals surface area contributed by atoms with Crippen LogP contribution < -0.4 is 0 Å². The van der Waals surface area contributed by atoms with Crippen molar-refractivity contribution < 1.29 is 4.43 Å². The molecule has 1 aliphatic rings. The van der Waals surface area contributed by atoms with Crippen LogP contribution in [-0.2, 0) is 4.43 Å². The number of hydrogen-bond acceptors (Lipinski definition) is 2. The summed E-state index contributed by atoms with van der Waals surface area (Å²) in [6.45, 7) is 0. The van der Waals surface area contributed by atoms with Crippen molar-refractivity contribution in [3.63, 3.8) is 0 Å². The Hall–Kier alpha value is 0.527. The molecule has 0 bridgehead atoms. The second-order valence-corrected chi connectivity index (χ2v) is 2.94. The minimum absolute atomic E-state index is 0.640. The third-order valence-corrected chi connectivity index (χ3v) is 2.82. The van der Waals surface area contributed by atoms with Gasteiger partial charge in [0.25, 0.3) is 0 Å². The lowest BCUT2D eigenvalue weighted by Crippen LogP contribution is -2.26. The Morgan fingerprint density at radius 3 is 2.33 bits per heavy atom. The topological polar surface area (TPSA) is 9.23 Å². The van der Waals surface area contributed by atoms with Crippen LogP contribution in [0.15, 0.2) is 0 Å². The summed E-state index contributed by atoms with van der Waals surface area (Å²) in [4.78, 5) is 0. The first kappa shape index (κ1) is 4.68. The molecule has 0 amide bonds. The monoisotopic (exact) mass is 120 g/mol. The van der Waals surface area contributed by atoms with Gasteiger partial charge in [0.1, 0.15) is 10.5 Å². The maximum absolute atomic E-state index is 5.10. The number of thioether (sulfide) groups is 1. The van der Waals surface area contributed by atoms with Gasteiger partial charge >= 0.3 is 0 Å². The van der Waals surface area contributed by atoms with E-state index in [4.69, 9.17) is 4.43 Å².